The molecule has 0 heterocycles. The minimum absolute atomic E-state index is 0.0896. The van der Waals surface area contributed by atoms with Crippen LogP contribution >= 0.6 is 0 Å². The third-order valence-electron chi connectivity index (χ3n) is 3.85. The maximum absolute atomic E-state index is 12.1. The normalized spacial score (nSPS) is 11.6. The Balaban J connectivity index is 1.69. The predicted molar refractivity (Wildman–Crippen MR) is 100 cm³/mol. The molecule has 0 fully saturated rings. The second-order valence-corrected chi connectivity index (χ2v) is 6.05. The summed E-state index contributed by atoms with van der Waals surface area (Å²) in [6.07, 6.45) is 1.30. The van der Waals surface area contributed by atoms with Gasteiger partial charge >= 0.3 is 0 Å². The second-order valence-electron chi connectivity index (χ2n) is 6.05. The van der Waals surface area contributed by atoms with Crippen molar-refractivity contribution in [3.63, 3.8) is 0 Å². The Labute approximate surface area is 150 Å². The van der Waals surface area contributed by atoms with Crippen molar-refractivity contribution < 1.29 is 14.3 Å². The van der Waals surface area contributed by atoms with Crippen molar-refractivity contribution in [1.29, 1.82) is 0 Å². The lowest BCUT2D eigenvalue weighted by Gasteiger charge is -2.15. The Bertz CT molecular complexity index is 667. The molecule has 1 N–H and O–H groups in total. The largest absolute Gasteiger partial charge is 0.494 e. The smallest absolute Gasteiger partial charge is 0.260 e. The molecule has 2 rings (SSSR count). The van der Waals surface area contributed by atoms with E-state index < -0.39 is 6.10 Å². The number of aryl methyl sites for hydroxylation is 2. The number of carbonyl (C=O) groups excluding carboxylic acids is 1. The molecule has 1 atom stereocenters. The zero-order valence-corrected chi connectivity index (χ0v) is 15.2. The van der Waals surface area contributed by atoms with E-state index in [1.54, 1.807) is 6.92 Å². The van der Waals surface area contributed by atoms with Gasteiger partial charge in [0.25, 0.3) is 5.91 Å². The molecule has 0 aliphatic rings. The molecule has 1 unspecified atom stereocenters. The van der Waals surface area contributed by atoms with Gasteiger partial charge in [-0.3, -0.25) is 4.79 Å². The minimum atomic E-state index is -0.507. The van der Waals surface area contributed by atoms with E-state index in [4.69, 9.17) is 9.47 Å². The fourth-order valence-electron chi connectivity index (χ4n) is 2.51. The highest BCUT2D eigenvalue weighted by Crippen LogP contribution is 2.15. The molecule has 25 heavy (non-hydrogen) atoms. The average molecular weight is 341 g/mol. The number of nitrogens with one attached hydrogen (secondary N) is 1. The highest BCUT2D eigenvalue weighted by molar-refractivity contribution is 5.80. The lowest BCUT2D eigenvalue weighted by molar-refractivity contribution is -0.127. The number of hydrogen-bond donors (Lipinski definition) is 1. The molecular weight excluding hydrogens is 314 g/mol. The van der Waals surface area contributed by atoms with Crippen molar-refractivity contribution >= 4 is 5.91 Å². The van der Waals surface area contributed by atoms with Crippen molar-refractivity contribution in [2.24, 2.45) is 0 Å². The number of amides is 1. The zero-order chi connectivity index (χ0) is 18.1. The summed E-state index contributed by atoms with van der Waals surface area (Å²) >= 11 is 0. The summed E-state index contributed by atoms with van der Waals surface area (Å²) in [7, 11) is 0. The molecule has 0 bridgehead atoms. The molecule has 4 nitrogen and oxygen atoms in total. The van der Waals surface area contributed by atoms with Gasteiger partial charge in [-0.05, 0) is 69.0 Å². The van der Waals surface area contributed by atoms with E-state index in [1.807, 2.05) is 50.2 Å². The van der Waals surface area contributed by atoms with Gasteiger partial charge in [-0.1, -0.05) is 24.3 Å². The summed E-state index contributed by atoms with van der Waals surface area (Å²) in [4.78, 5) is 12.1. The summed E-state index contributed by atoms with van der Waals surface area (Å²) < 4.78 is 11.1. The first-order valence-electron chi connectivity index (χ1n) is 8.81. The van der Waals surface area contributed by atoms with Gasteiger partial charge in [0.1, 0.15) is 11.5 Å². The topological polar surface area (TPSA) is 47.6 Å². The molecular formula is C21H27NO3. The van der Waals surface area contributed by atoms with Gasteiger partial charge in [0, 0.05) is 6.54 Å². The maximum atomic E-state index is 12.1. The van der Waals surface area contributed by atoms with Crippen LogP contribution in [0.15, 0.2) is 48.5 Å². The molecule has 4 heteroatoms. The van der Waals surface area contributed by atoms with Crippen molar-refractivity contribution in [3.8, 4) is 11.5 Å². The standard InChI is InChI=1S/C21H27NO3/c1-4-24-19-12-10-18(11-13-19)8-6-14-22-21(23)17(3)25-20-9-5-7-16(2)15-20/h5,7,9-13,15,17H,4,6,8,14H2,1-3H3,(H,22,23). The lowest BCUT2D eigenvalue weighted by atomic mass is 10.1. The van der Waals surface area contributed by atoms with Crippen LogP contribution in [-0.2, 0) is 11.2 Å². The van der Waals surface area contributed by atoms with Crippen LogP contribution in [0, 0.1) is 6.92 Å². The van der Waals surface area contributed by atoms with Gasteiger partial charge in [0.05, 0.1) is 6.61 Å². The molecule has 1 amide bonds. The number of hydrogen-bond acceptors (Lipinski definition) is 3. The summed E-state index contributed by atoms with van der Waals surface area (Å²) in [5, 5.41) is 2.93. The molecule has 0 aromatic heterocycles. The SMILES string of the molecule is CCOc1ccc(CCCNC(=O)C(C)Oc2cccc(C)c2)cc1. The first-order chi connectivity index (χ1) is 12.1. The monoisotopic (exact) mass is 341 g/mol. The summed E-state index contributed by atoms with van der Waals surface area (Å²) in [6, 6.07) is 15.8. The second kappa shape index (κ2) is 9.72. The van der Waals surface area contributed by atoms with Crippen molar-refractivity contribution in [1.82, 2.24) is 5.32 Å². The van der Waals surface area contributed by atoms with Gasteiger partial charge in [0.15, 0.2) is 6.10 Å². The van der Waals surface area contributed by atoms with Crippen LogP contribution in [0.1, 0.15) is 31.4 Å². The highest BCUT2D eigenvalue weighted by atomic mass is 16.5. The van der Waals surface area contributed by atoms with Crippen LogP contribution in [0.4, 0.5) is 0 Å². The van der Waals surface area contributed by atoms with E-state index >= 15 is 0 Å². The lowest BCUT2D eigenvalue weighted by Crippen LogP contribution is -2.36. The Kier molecular flexibility index (Phi) is 7.33. The maximum Gasteiger partial charge on any atom is 0.260 e. The third kappa shape index (κ3) is 6.49. The zero-order valence-electron chi connectivity index (χ0n) is 15.2. The van der Waals surface area contributed by atoms with Crippen LogP contribution in [0.25, 0.3) is 0 Å². The summed E-state index contributed by atoms with van der Waals surface area (Å²) in [6.45, 7) is 7.05. The first-order valence-corrected chi connectivity index (χ1v) is 8.81. The Morgan fingerprint density at radius 3 is 2.56 bits per heavy atom. The van der Waals surface area contributed by atoms with Crippen LogP contribution in [0.3, 0.4) is 0 Å². The first kappa shape index (κ1) is 18.8. The van der Waals surface area contributed by atoms with Gasteiger partial charge in [0.2, 0.25) is 0 Å². The molecule has 0 saturated carbocycles. The van der Waals surface area contributed by atoms with Gasteiger partial charge in [-0.2, -0.15) is 0 Å². The van der Waals surface area contributed by atoms with Crippen LogP contribution in [0.5, 0.6) is 11.5 Å². The molecule has 0 radical (unpaired) electrons. The number of ether oxygens (including phenoxy) is 2. The predicted octanol–water partition coefficient (Wildman–Crippen LogP) is 3.91. The van der Waals surface area contributed by atoms with E-state index in [-0.39, 0.29) is 5.91 Å². The molecule has 0 saturated heterocycles. The van der Waals surface area contributed by atoms with E-state index in [1.165, 1.54) is 5.56 Å². The van der Waals surface area contributed by atoms with Crippen LogP contribution in [-0.4, -0.2) is 25.2 Å². The molecule has 134 valence electrons. The van der Waals surface area contributed by atoms with Crippen LogP contribution in [0.2, 0.25) is 0 Å². The average Bonchev–Trinajstić information content (AvgIpc) is 2.60. The van der Waals surface area contributed by atoms with Gasteiger partial charge in [-0.15, -0.1) is 0 Å². The fourth-order valence-corrected chi connectivity index (χ4v) is 2.51. The molecule has 2 aromatic rings. The fraction of sp³-hybridized carbons (Fsp3) is 0.381. The number of benzene rings is 2. The number of rotatable bonds is 9. The van der Waals surface area contributed by atoms with Crippen molar-refractivity contribution in [3.05, 3.63) is 59.7 Å². The van der Waals surface area contributed by atoms with Crippen LogP contribution < -0.4 is 14.8 Å². The van der Waals surface area contributed by atoms with E-state index in [0.717, 1.165) is 29.9 Å². The molecule has 0 spiro atoms. The Hall–Kier alpha value is -2.49. The van der Waals surface area contributed by atoms with E-state index in [0.29, 0.717) is 13.2 Å². The minimum Gasteiger partial charge on any atom is -0.494 e. The highest BCUT2D eigenvalue weighted by Gasteiger charge is 2.13. The quantitative estimate of drug-likeness (QED) is 0.704. The molecule has 0 aliphatic carbocycles. The van der Waals surface area contributed by atoms with Crippen molar-refractivity contribution in [2.45, 2.75) is 39.7 Å². The summed E-state index contributed by atoms with van der Waals surface area (Å²) in [5.74, 6) is 1.52. The summed E-state index contributed by atoms with van der Waals surface area (Å²) in [5.41, 5.74) is 2.35. The number of carbonyl (C=O) groups is 1. The van der Waals surface area contributed by atoms with Crippen molar-refractivity contribution in [2.75, 3.05) is 13.2 Å². The molecule has 2 aromatic carbocycles. The van der Waals surface area contributed by atoms with Gasteiger partial charge in [-0.25, -0.2) is 0 Å². The van der Waals surface area contributed by atoms with Gasteiger partial charge < -0.3 is 14.8 Å². The van der Waals surface area contributed by atoms with E-state index in [2.05, 4.69) is 17.4 Å². The Morgan fingerprint density at radius 2 is 1.88 bits per heavy atom. The molecule has 0 aliphatic heterocycles. The third-order valence-corrected chi connectivity index (χ3v) is 3.85. The Morgan fingerprint density at radius 1 is 1.12 bits per heavy atom. The van der Waals surface area contributed by atoms with E-state index in [9.17, 15) is 4.79 Å².